The highest BCUT2D eigenvalue weighted by Gasteiger charge is 2.16. The fraction of sp³-hybridized carbons (Fsp3) is 0.316. The van der Waals surface area contributed by atoms with Crippen molar-refractivity contribution in [2.24, 2.45) is 0 Å². The van der Waals surface area contributed by atoms with Crippen LogP contribution in [0.1, 0.15) is 27.9 Å². The second-order valence-corrected chi connectivity index (χ2v) is 8.95. The third-order valence-electron chi connectivity index (χ3n) is 3.96. The highest BCUT2D eigenvalue weighted by molar-refractivity contribution is 7.89. The lowest BCUT2D eigenvalue weighted by atomic mass is 10.1. The summed E-state index contributed by atoms with van der Waals surface area (Å²) in [6, 6.07) is 10.0. The largest absolute Gasteiger partial charge is 0.489 e. The van der Waals surface area contributed by atoms with Crippen molar-refractivity contribution in [3.05, 3.63) is 58.1 Å². The lowest BCUT2D eigenvalue weighted by Gasteiger charge is -2.12. The number of benzene rings is 2. The molecule has 0 bridgehead atoms. The Morgan fingerprint density at radius 3 is 2.52 bits per heavy atom. The number of nitrogens with one attached hydrogen (secondary N) is 1. The van der Waals surface area contributed by atoms with Crippen LogP contribution in [0.2, 0.25) is 5.02 Å². The molecule has 3 rings (SSSR count). The third-order valence-corrected chi connectivity index (χ3v) is 5.10. The molecule has 1 amide bonds. The smallest absolute Gasteiger partial charge is 0.251 e. The molecule has 2 aromatic rings. The van der Waals surface area contributed by atoms with Crippen molar-refractivity contribution in [2.45, 2.75) is 18.7 Å². The molecule has 0 fully saturated rings. The summed E-state index contributed by atoms with van der Waals surface area (Å²) in [5.41, 5.74) is 1.89. The van der Waals surface area contributed by atoms with Gasteiger partial charge in [0.05, 0.1) is 24.0 Å². The Hall–Kier alpha value is -2.25. The molecule has 1 aliphatic rings. The molecule has 0 radical (unpaired) electrons. The molecule has 1 aliphatic heterocycles. The van der Waals surface area contributed by atoms with Crippen LogP contribution in [0.3, 0.4) is 0 Å². The van der Waals surface area contributed by atoms with E-state index in [2.05, 4.69) is 5.32 Å². The van der Waals surface area contributed by atoms with Gasteiger partial charge in [-0.1, -0.05) is 23.7 Å². The van der Waals surface area contributed by atoms with E-state index in [-0.39, 0.29) is 18.2 Å². The molecule has 0 unspecified atom stereocenters. The fourth-order valence-corrected chi connectivity index (χ4v) is 3.81. The van der Waals surface area contributed by atoms with E-state index in [4.69, 9.17) is 21.1 Å². The van der Waals surface area contributed by atoms with Crippen molar-refractivity contribution in [2.75, 3.05) is 19.5 Å². The average Bonchev–Trinajstić information content (AvgIpc) is 2.85. The van der Waals surface area contributed by atoms with Gasteiger partial charge in [0.1, 0.15) is 0 Å². The quantitative estimate of drug-likeness (QED) is 0.820. The summed E-state index contributed by atoms with van der Waals surface area (Å²) >= 11 is 6.26. The summed E-state index contributed by atoms with van der Waals surface area (Å²) in [6.07, 6.45) is 1.96. The number of carbonyl (C=O) groups excluding carboxylic acids is 1. The fourth-order valence-electron chi connectivity index (χ4n) is 2.73. The minimum absolute atomic E-state index is 0.0510. The van der Waals surface area contributed by atoms with Gasteiger partial charge in [0.2, 0.25) is 0 Å². The van der Waals surface area contributed by atoms with Gasteiger partial charge in [-0.2, -0.15) is 0 Å². The molecule has 27 heavy (non-hydrogen) atoms. The van der Waals surface area contributed by atoms with Crippen LogP contribution < -0.4 is 14.8 Å². The summed E-state index contributed by atoms with van der Waals surface area (Å²) in [6.45, 7) is 1.39. The van der Waals surface area contributed by atoms with E-state index in [0.717, 1.165) is 12.0 Å². The number of hydrogen-bond acceptors (Lipinski definition) is 5. The zero-order valence-corrected chi connectivity index (χ0v) is 16.4. The van der Waals surface area contributed by atoms with Gasteiger partial charge in [0.15, 0.2) is 21.3 Å². The molecular formula is C19H20ClNO5S. The first-order valence-electron chi connectivity index (χ1n) is 8.45. The first kappa shape index (κ1) is 19.5. The molecule has 2 aromatic carbocycles. The molecule has 0 aliphatic carbocycles. The first-order chi connectivity index (χ1) is 12.8. The van der Waals surface area contributed by atoms with E-state index >= 15 is 0 Å². The van der Waals surface area contributed by atoms with Gasteiger partial charge >= 0.3 is 0 Å². The molecule has 0 spiro atoms. The van der Waals surface area contributed by atoms with Crippen molar-refractivity contribution in [3.8, 4) is 11.5 Å². The zero-order valence-electron chi connectivity index (χ0n) is 14.8. The summed E-state index contributed by atoms with van der Waals surface area (Å²) in [7, 11) is -3.11. The lowest BCUT2D eigenvalue weighted by molar-refractivity contribution is 0.0951. The number of ether oxygens (including phenoxy) is 2. The Bertz CT molecular complexity index is 941. The third kappa shape index (κ3) is 5.37. The Morgan fingerprint density at radius 1 is 1.11 bits per heavy atom. The Morgan fingerprint density at radius 2 is 1.81 bits per heavy atom. The number of hydrogen-bond donors (Lipinski definition) is 1. The van der Waals surface area contributed by atoms with Crippen LogP contribution in [0.4, 0.5) is 0 Å². The molecule has 6 nitrogen and oxygen atoms in total. The van der Waals surface area contributed by atoms with Gasteiger partial charge in [0, 0.05) is 24.8 Å². The van der Waals surface area contributed by atoms with Crippen LogP contribution in [0.15, 0.2) is 36.4 Å². The van der Waals surface area contributed by atoms with Crippen LogP contribution in [-0.4, -0.2) is 33.8 Å². The van der Waals surface area contributed by atoms with E-state index in [9.17, 15) is 13.2 Å². The molecule has 0 saturated carbocycles. The highest BCUT2D eigenvalue weighted by atomic mass is 35.5. The van der Waals surface area contributed by atoms with Crippen molar-refractivity contribution >= 4 is 27.3 Å². The minimum Gasteiger partial charge on any atom is -0.489 e. The van der Waals surface area contributed by atoms with Gasteiger partial charge in [-0.15, -0.1) is 0 Å². The molecule has 0 aromatic heterocycles. The summed E-state index contributed by atoms with van der Waals surface area (Å²) in [5.74, 6) is 0.800. The van der Waals surface area contributed by atoms with E-state index in [0.29, 0.717) is 40.9 Å². The predicted molar refractivity (Wildman–Crippen MR) is 103 cm³/mol. The van der Waals surface area contributed by atoms with Crippen molar-refractivity contribution < 1.29 is 22.7 Å². The normalized spacial score (nSPS) is 13.7. The average molecular weight is 410 g/mol. The van der Waals surface area contributed by atoms with Gasteiger partial charge < -0.3 is 14.8 Å². The van der Waals surface area contributed by atoms with Crippen molar-refractivity contribution in [3.63, 3.8) is 0 Å². The number of rotatable bonds is 5. The number of halogens is 1. The van der Waals surface area contributed by atoms with Crippen LogP contribution in [0, 0.1) is 0 Å². The number of fused-ring (bicyclic) bond motifs is 1. The Balaban J connectivity index is 1.65. The predicted octanol–water partition coefficient (Wildman–Crippen LogP) is 2.98. The van der Waals surface area contributed by atoms with E-state index < -0.39 is 9.84 Å². The molecule has 0 saturated heterocycles. The Labute approximate surface area is 163 Å². The van der Waals surface area contributed by atoms with Gasteiger partial charge in [0.25, 0.3) is 5.91 Å². The molecular weight excluding hydrogens is 390 g/mol. The van der Waals surface area contributed by atoms with Crippen LogP contribution in [-0.2, 0) is 22.1 Å². The van der Waals surface area contributed by atoms with E-state index in [1.807, 2.05) is 6.07 Å². The summed E-state index contributed by atoms with van der Waals surface area (Å²) in [5, 5.41) is 3.27. The van der Waals surface area contributed by atoms with Crippen molar-refractivity contribution in [1.82, 2.24) is 5.32 Å². The van der Waals surface area contributed by atoms with Crippen molar-refractivity contribution in [1.29, 1.82) is 0 Å². The highest BCUT2D eigenvalue weighted by Crippen LogP contribution is 2.37. The van der Waals surface area contributed by atoms with E-state index in [1.165, 1.54) is 6.26 Å². The molecule has 0 atom stereocenters. The topological polar surface area (TPSA) is 81.7 Å². The monoisotopic (exact) mass is 409 g/mol. The van der Waals surface area contributed by atoms with Gasteiger partial charge in [-0.3, -0.25) is 4.79 Å². The maximum absolute atomic E-state index is 12.3. The molecule has 144 valence electrons. The number of carbonyl (C=O) groups is 1. The van der Waals surface area contributed by atoms with Crippen LogP contribution >= 0.6 is 11.6 Å². The van der Waals surface area contributed by atoms with Crippen LogP contribution in [0.25, 0.3) is 0 Å². The van der Waals surface area contributed by atoms with E-state index in [1.54, 1.807) is 30.3 Å². The minimum atomic E-state index is -3.11. The molecule has 1 heterocycles. The summed E-state index contributed by atoms with van der Waals surface area (Å²) in [4.78, 5) is 12.3. The maximum atomic E-state index is 12.3. The second kappa shape index (κ2) is 8.19. The first-order valence-corrected chi connectivity index (χ1v) is 10.9. The standard InChI is InChI=1S/C19H20ClNO5S/c1-27(23,24)12-13-3-5-15(6-4-13)19(22)21-11-14-9-16(20)18-17(10-14)25-7-2-8-26-18/h3-6,9-10H,2,7-8,11-12H2,1H3,(H,21,22). The lowest BCUT2D eigenvalue weighted by Crippen LogP contribution is -2.22. The SMILES string of the molecule is CS(=O)(=O)Cc1ccc(C(=O)NCc2cc(Cl)c3c(c2)OCCCO3)cc1. The maximum Gasteiger partial charge on any atom is 0.251 e. The number of amides is 1. The number of sulfone groups is 1. The van der Waals surface area contributed by atoms with Crippen LogP contribution in [0.5, 0.6) is 11.5 Å². The van der Waals surface area contributed by atoms with Gasteiger partial charge in [-0.05, 0) is 35.4 Å². The molecule has 1 N–H and O–H groups in total. The second-order valence-electron chi connectivity index (χ2n) is 6.41. The zero-order chi connectivity index (χ0) is 19.4. The summed E-state index contributed by atoms with van der Waals surface area (Å²) < 4.78 is 33.9. The molecule has 8 heteroatoms. The van der Waals surface area contributed by atoms with Gasteiger partial charge in [-0.25, -0.2) is 8.42 Å². The Kier molecular flexibility index (Phi) is 5.92.